The Balaban J connectivity index is 1.36. The molecule has 6 heteroatoms. The highest BCUT2D eigenvalue weighted by Crippen LogP contribution is 2.40. The van der Waals surface area contributed by atoms with Crippen molar-refractivity contribution < 1.29 is 9.59 Å². The fourth-order valence-electron chi connectivity index (χ4n) is 3.92. The van der Waals surface area contributed by atoms with Gasteiger partial charge in [-0.25, -0.2) is 4.98 Å². The maximum Gasteiger partial charge on any atom is 0.258 e. The molecule has 0 fully saturated rings. The van der Waals surface area contributed by atoms with Crippen molar-refractivity contribution in [3.8, 4) is 0 Å². The van der Waals surface area contributed by atoms with Gasteiger partial charge in [-0.15, -0.1) is 0 Å². The molecule has 2 heterocycles. The molecule has 1 aromatic heterocycles. The number of fused-ring (bicyclic) bond motifs is 1. The zero-order valence-corrected chi connectivity index (χ0v) is 17.2. The van der Waals surface area contributed by atoms with Crippen molar-refractivity contribution in [2.24, 2.45) is 0 Å². The molecule has 5 nitrogen and oxygen atoms in total. The van der Waals surface area contributed by atoms with E-state index in [1.165, 1.54) is 11.8 Å². The van der Waals surface area contributed by atoms with E-state index in [-0.39, 0.29) is 17.6 Å². The number of benzene rings is 3. The molecule has 5 rings (SSSR count). The van der Waals surface area contributed by atoms with Crippen molar-refractivity contribution in [3.63, 3.8) is 0 Å². The van der Waals surface area contributed by atoms with Crippen LogP contribution in [-0.4, -0.2) is 29.1 Å². The number of nitrogens with one attached hydrogen (secondary N) is 1. The summed E-state index contributed by atoms with van der Waals surface area (Å²) >= 11 is 1.41. The van der Waals surface area contributed by atoms with Gasteiger partial charge in [-0.2, -0.15) is 0 Å². The van der Waals surface area contributed by atoms with E-state index in [1.807, 2.05) is 73.7 Å². The van der Waals surface area contributed by atoms with E-state index < -0.39 is 0 Å². The summed E-state index contributed by atoms with van der Waals surface area (Å²) in [4.78, 5) is 31.6. The Bertz CT molecular complexity index is 1320. The Kier molecular flexibility index (Phi) is 4.64. The number of hydrogen-bond donors (Lipinski definition) is 1. The molecule has 2 amide bonds. The third kappa shape index (κ3) is 3.09. The number of hydrogen-bond acceptors (Lipinski definition) is 4. The van der Waals surface area contributed by atoms with Crippen molar-refractivity contribution in [1.29, 1.82) is 0 Å². The molecular weight excluding hydrogens is 394 g/mol. The maximum atomic E-state index is 12.6. The van der Waals surface area contributed by atoms with Crippen LogP contribution in [0.25, 0.3) is 21.7 Å². The van der Waals surface area contributed by atoms with Crippen molar-refractivity contribution in [2.75, 3.05) is 22.5 Å². The van der Waals surface area contributed by atoms with Crippen molar-refractivity contribution >= 4 is 56.6 Å². The quantitative estimate of drug-likeness (QED) is 0.463. The summed E-state index contributed by atoms with van der Waals surface area (Å²) in [6.45, 7) is 2.58. The minimum absolute atomic E-state index is 0.0134. The topological polar surface area (TPSA) is 62.3 Å². The van der Waals surface area contributed by atoms with Gasteiger partial charge in [-0.1, -0.05) is 48.2 Å². The monoisotopic (exact) mass is 413 g/mol. The van der Waals surface area contributed by atoms with Crippen LogP contribution >= 0.6 is 11.8 Å². The third-order valence-corrected chi connectivity index (χ3v) is 6.23. The van der Waals surface area contributed by atoms with Gasteiger partial charge >= 0.3 is 0 Å². The molecule has 0 atom stereocenters. The predicted octanol–water partition coefficient (Wildman–Crippen LogP) is 5.10. The van der Waals surface area contributed by atoms with Crippen molar-refractivity contribution in [3.05, 3.63) is 72.3 Å². The summed E-state index contributed by atoms with van der Waals surface area (Å²) in [5, 5.41) is 6.69. The third-order valence-electron chi connectivity index (χ3n) is 5.30. The molecule has 0 radical (unpaired) electrons. The normalized spacial score (nSPS) is 12.7. The fourth-order valence-corrected chi connectivity index (χ4v) is 4.60. The number of carbonyl (C=O) groups excluding carboxylic acids is 2. The predicted molar refractivity (Wildman–Crippen MR) is 122 cm³/mol. The number of aromatic nitrogens is 1. The van der Waals surface area contributed by atoms with Gasteiger partial charge in [0.15, 0.2) is 0 Å². The number of nitrogens with zero attached hydrogens (tertiary/aromatic N) is 2. The Labute approximate surface area is 178 Å². The van der Waals surface area contributed by atoms with Crippen molar-refractivity contribution in [2.45, 2.75) is 11.9 Å². The van der Waals surface area contributed by atoms with E-state index in [0.717, 1.165) is 38.1 Å². The van der Waals surface area contributed by atoms with Crippen LogP contribution in [0.5, 0.6) is 0 Å². The zero-order chi connectivity index (χ0) is 20.7. The lowest BCUT2D eigenvalue weighted by Gasteiger charge is -2.15. The molecule has 1 aliphatic heterocycles. The first-order valence-corrected chi connectivity index (χ1v) is 10.8. The molecule has 0 saturated heterocycles. The summed E-state index contributed by atoms with van der Waals surface area (Å²) in [5.41, 5.74) is 3.23. The van der Waals surface area contributed by atoms with E-state index in [4.69, 9.17) is 0 Å². The average Bonchev–Trinajstić information content (AvgIpc) is 3.06. The van der Waals surface area contributed by atoms with Crippen LogP contribution in [0.3, 0.4) is 0 Å². The van der Waals surface area contributed by atoms with E-state index in [9.17, 15) is 9.59 Å². The first-order valence-electron chi connectivity index (χ1n) is 9.82. The molecule has 4 aromatic rings. The summed E-state index contributed by atoms with van der Waals surface area (Å²) in [5.74, 6) is 0.167. The van der Waals surface area contributed by atoms with Gasteiger partial charge in [-0.3, -0.25) is 9.59 Å². The molecule has 0 aliphatic carbocycles. The van der Waals surface area contributed by atoms with Gasteiger partial charge < -0.3 is 10.2 Å². The standard InChI is InChI=1S/C24H19N3O2S/c1-2-27-20-12-11-19(16-7-5-8-17(23(16)20)24(27)29)25-21(28)14-30-22-13-10-15-6-3-4-9-18(15)26-22/h3-13H,2,14H2,1H3,(H,25,28). The maximum absolute atomic E-state index is 12.6. The van der Waals surface area contributed by atoms with Gasteiger partial charge in [0.25, 0.3) is 5.91 Å². The molecule has 1 aliphatic rings. The summed E-state index contributed by atoms with van der Waals surface area (Å²) < 4.78 is 0. The number of amides is 2. The largest absolute Gasteiger partial charge is 0.325 e. The minimum Gasteiger partial charge on any atom is -0.325 e. The van der Waals surface area contributed by atoms with Gasteiger partial charge in [-0.05, 0) is 37.3 Å². The first kappa shape index (κ1) is 18.6. The Morgan fingerprint density at radius 3 is 2.77 bits per heavy atom. The molecule has 0 bridgehead atoms. The lowest BCUT2D eigenvalue weighted by molar-refractivity contribution is -0.113. The Morgan fingerprint density at radius 1 is 1.03 bits per heavy atom. The molecular formula is C24H19N3O2S. The van der Waals surface area contributed by atoms with Crippen LogP contribution in [0.2, 0.25) is 0 Å². The van der Waals surface area contributed by atoms with Gasteiger partial charge in [0.05, 0.1) is 22.0 Å². The highest BCUT2D eigenvalue weighted by atomic mass is 32.2. The van der Waals surface area contributed by atoms with Crippen LogP contribution in [0.4, 0.5) is 11.4 Å². The molecule has 0 saturated carbocycles. The van der Waals surface area contributed by atoms with Crippen molar-refractivity contribution in [1.82, 2.24) is 4.98 Å². The highest BCUT2D eigenvalue weighted by Gasteiger charge is 2.29. The second-order valence-corrected chi connectivity index (χ2v) is 8.08. The van der Waals surface area contributed by atoms with Crippen LogP contribution < -0.4 is 10.2 Å². The summed E-state index contributed by atoms with van der Waals surface area (Å²) in [6.07, 6.45) is 0. The van der Waals surface area contributed by atoms with E-state index in [1.54, 1.807) is 4.90 Å². The second kappa shape index (κ2) is 7.46. The van der Waals surface area contributed by atoms with Gasteiger partial charge in [0.2, 0.25) is 5.91 Å². The molecule has 3 aromatic carbocycles. The Morgan fingerprint density at radius 2 is 1.90 bits per heavy atom. The number of thioether (sulfide) groups is 1. The fraction of sp³-hybridized carbons (Fsp3) is 0.125. The highest BCUT2D eigenvalue weighted by molar-refractivity contribution is 7.99. The van der Waals surface area contributed by atoms with E-state index in [0.29, 0.717) is 12.1 Å². The summed E-state index contributed by atoms with van der Waals surface area (Å²) in [7, 11) is 0. The molecule has 30 heavy (non-hydrogen) atoms. The zero-order valence-electron chi connectivity index (χ0n) is 16.4. The van der Waals surface area contributed by atoms with E-state index in [2.05, 4.69) is 10.3 Å². The number of anilines is 2. The molecule has 148 valence electrons. The first-order chi connectivity index (χ1) is 14.7. The number of carbonyl (C=O) groups is 2. The van der Waals surface area contributed by atoms with Gasteiger partial charge in [0, 0.05) is 34.0 Å². The molecule has 1 N–H and O–H groups in total. The molecule has 0 unspecified atom stereocenters. The number of rotatable bonds is 5. The second-order valence-electron chi connectivity index (χ2n) is 7.09. The number of para-hydroxylation sites is 1. The minimum atomic E-state index is -0.104. The van der Waals surface area contributed by atoms with Crippen LogP contribution in [0.15, 0.2) is 71.8 Å². The lowest BCUT2D eigenvalue weighted by Crippen LogP contribution is -2.25. The van der Waals surface area contributed by atoms with Gasteiger partial charge in [0.1, 0.15) is 0 Å². The molecule has 0 spiro atoms. The lowest BCUT2D eigenvalue weighted by atomic mass is 10.0. The average molecular weight is 414 g/mol. The Hall–Kier alpha value is -3.38. The number of pyridine rings is 1. The van der Waals surface area contributed by atoms with E-state index >= 15 is 0 Å². The summed E-state index contributed by atoms with van der Waals surface area (Å²) in [6, 6.07) is 21.3. The van der Waals surface area contributed by atoms with Crippen LogP contribution in [-0.2, 0) is 4.79 Å². The smallest absolute Gasteiger partial charge is 0.258 e. The van der Waals surface area contributed by atoms with Crippen LogP contribution in [0, 0.1) is 0 Å². The SMILES string of the molecule is CCN1C(=O)c2cccc3c(NC(=O)CSc4ccc5ccccc5n4)ccc1c23. The van der Waals surface area contributed by atoms with Crippen LogP contribution in [0.1, 0.15) is 17.3 Å².